The number of carboxylic acids is 1. The van der Waals surface area contributed by atoms with E-state index in [-0.39, 0.29) is 13.0 Å². The molecule has 0 rings (SSSR count). The largest absolute Gasteiger partial charge is 0.549 e. The van der Waals surface area contributed by atoms with Crippen LogP contribution in [0.25, 0.3) is 4.85 Å². The van der Waals surface area contributed by atoms with Crippen LogP contribution in [0.1, 0.15) is 33.1 Å². The van der Waals surface area contributed by atoms with Crippen LogP contribution in [0.5, 0.6) is 0 Å². The number of carboxylic acid groups (broad SMARTS) is 1. The second-order valence-electron chi connectivity index (χ2n) is 3.20. The van der Waals surface area contributed by atoms with Crippen molar-refractivity contribution in [3.05, 3.63) is 4.85 Å². The molecule has 0 spiro atoms. The number of esters is 1. The van der Waals surface area contributed by atoms with Crippen LogP contribution in [0.2, 0.25) is 0 Å². The number of hydrogen-bond acceptors (Lipinski definition) is 4. The Kier molecular flexibility index (Phi) is 7.86. The van der Waals surface area contributed by atoms with Crippen molar-refractivity contribution >= 4 is 11.9 Å². The molecule has 0 amide bonds. The van der Waals surface area contributed by atoms with Crippen LogP contribution in [0.3, 0.4) is 0 Å². The van der Waals surface area contributed by atoms with E-state index in [1.807, 2.05) is 6.92 Å². The summed E-state index contributed by atoms with van der Waals surface area (Å²) in [5, 5.41) is 10.7. The lowest BCUT2D eigenvalue weighted by Crippen LogP contribution is -2.37. The molecule has 5 heteroatoms. The van der Waals surface area contributed by atoms with Crippen LogP contribution >= 0.6 is 0 Å². The fourth-order valence-electron chi connectivity index (χ4n) is 1.05. The first-order chi connectivity index (χ1) is 7.63. The summed E-state index contributed by atoms with van der Waals surface area (Å²) in [5.74, 6) is -3.38. The minimum atomic E-state index is -1.41. The third-order valence-electron chi connectivity index (χ3n) is 1.85. The Morgan fingerprint density at radius 1 is 1.44 bits per heavy atom. The predicted octanol–water partition coefficient (Wildman–Crippen LogP) is 0.439. The first-order valence-corrected chi connectivity index (χ1v) is 5.40. The van der Waals surface area contributed by atoms with Gasteiger partial charge < -0.3 is 14.6 Å². The highest BCUT2D eigenvalue weighted by Gasteiger charge is 2.21. The van der Waals surface area contributed by atoms with Gasteiger partial charge in [-0.05, 0) is 13.3 Å². The molecule has 0 saturated carbocycles. The zero-order valence-electron chi connectivity index (χ0n) is 9.69. The number of rotatable bonds is 6. The molecule has 0 aromatic heterocycles. The third kappa shape index (κ3) is 6.02. The molecule has 5 nitrogen and oxygen atoms in total. The van der Waals surface area contributed by atoms with Gasteiger partial charge in [0.05, 0.1) is 24.9 Å². The molecular formula is C11H17NO4. The highest BCUT2D eigenvalue weighted by Crippen LogP contribution is 2.07. The summed E-state index contributed by atoms with van der Waals surface area (Å²) in [5.41, 5.74) is 0. The van der Waals surface area contributed by atoms with Crippen molar-refractivity contribution in [1.29, 1.82) is 0 Å². The smallest absolute Gasteiger partial charge is 0.314 e. The molecule has 0 aliphatic heterocycles. The molecule has 0 aliphatic carbocycles. The fourth-order valence-corrected chi connectivity index (χ4v) is 1.05. The van der Waals surface area contributed by atoms with Gasteiger partial charge in [0.25, 0.3) is 12.6 Å². The Labute approximate surface area is 95.2 Å². The number of carbonyl (C=O) groups is 2. The summed E-state index contributed by atoms with van der Waals surface area (Å²) in [6, 6.07) is 2.69. The van der Waals surface area contributed by atoms with Crippen molar-refractivity contribution in [3.63, 3.8) is 0 Å². The maximum atomic E-state index is 11.2. The van der Waals surface area contributed by atoms with E-state index in [4.69, 9.17) is 0 Å². The molecule has 0 bridgehead atoms. The van der Waals surface area contributed by atoms with Gasteiger partial charge in [0.2, 0.25) is 0 Å². The Hall–Kier alpha value is -1.57. The second kappa shape index (κ2) is 8.72. The molecule has 0 N–H and O–H groups in total. The first-order valence-electron chi connectivity index (χ1n) is 5.40. The fraction of sp³-hybridized carbons (Fsp3) is 0.727. The topological polar surface area (TPSA) is 70.8 Å². The molecular weight excluding hydrogens is 210 g/mol. The Bertz CT molecular complexity index is 290. The maximum Gasteiger partial charge on any atom is 0.314 e. The van der Waals surface area contributed by atoms with Crippen molar-refractivity contribution in [3.8, 4) is 6.07 Å². The monoisotopic (exact) mass is 227 g/mol. The zero-order valence-corrected chi connectivity index (χ0v) is 9.69. The van der Waals surface area contributed by atoms with E-state index < -0.39 is 17.9 Å². The zero-order chi connectivity index (χ0) is 12.4. The molecule has 90 valence electrons. The number of carbonyl (C=O) groups excluding carboxylic acids is 2. The standard InChI is InChI=1S/C11H17NO4/c1-3-7-12-8-5-6-9(10(13)14)11(15)16-4-2/h9H,3-7H2,1-2H3. The Balaban J connectivity index is 4.11. The quantitative estimate of drug-likeness (QED) is 0.487. The van der Waals surface area contributed by atoms with E-state index in [1.54, 1.807) is 6.92 Å². The van der Waals surface area contributed by atoms with Gasteiger partial charge in [0, 0.05) is 6.42 Å². The van der Waals surface area contributed by atoms with E-state index >= 15 is 0 Å². The Morgan fingerprint density at radius 2 is 2.12 bits per heavy atom. The second-order valence-corrected chi connectivity index (χ2v) is 3.20. The van der Waals surface area contributed by atoms with Crippen LogP contribution < -0.4 is 5.11 Å². The van der Waals surface area contributed by atoms with E-state index in [2.05, 4.69) is 15.7 Å². The molecule has 1 atom stereocenters. The van der Waals surface area contributed by atoms with Crippen molar-refractivity contribution in [2.24, 2.45) is 5.92 Å². The molecule has 0 radical (unpaired) electrons. The molecule has 16 heavy (non-hydrogen) atoms. The maximum absolute atomic E-state index is 11.2. The lowest BCUT2D eigenvalue weighted by Gasteiger charge is -2.13. The van der Waals surface area contributed by atoms with E-state index in [0.29, 0.717) is 13.0 Å². The molecule has 0 fully saturated rings. The summed E-state index contributed by atoms with van der Waals surface area (Å²) in [4.78, 5) is 25.8. The van der Waals surface area contributed by atoms with Gasteiger partial charge in [-0.3, -0.25) is 4.79 Å². The van der Waals surface area contributed by atoms with Crippen LogP contribution in [0, 0.1) is 12.0 Å². The van der Waals surface area contributed by atoms with Gasteiger partial charge in [-0.1, -0.05) is 11.8 Å². The summed E-state index contributed by atoms with van der Waals surface area (Å²) in [6.07, 6.45) is 1.35. The minimum Gasteiger partial charge on any atom is -0.549 e. The summed E-state index contributed by atoms with van der Waals surface area (Å²) in [6.45, 7) is 4.43. The van der Waals surface area contributed by atoms with Gasteiger partial charge in [0.15, 0.2) is 0 Å². The normalized spacial score (nSPS) is 11.1. The summed E-state index contributed by atoms with van der Waals surface area (Å²) in [7, 11) is 0. The van der Waals surface area contributed by atoms with E-state index in [0.717, 1.165) is 6.42 Å². The average Bonchev–Trinajstić information content (AvgIpc) is 2.23. The molecule has 0 heterocycles. The van der Waals surface area contributed by atoms with Crippen LogP contribution in [0.4, 0.5) is 0 Å². The van der Waals surface area contributed by atoms with E-state index in [9.17, 15) is 14.7 Å². The van der Waals surface area contributed by atoms with Crippen LogP contribution in [0.15, 0.2) is 0 Å². The summed E-state index contributed by atoms with van der Waals surface area (Å²) >= 11 is 0. The van der Waals surface area contributed by atoms with Crippen LogP contribution in [-0.2, 0) is 14.3 Å². The number of aliphatic carboxylic acids is 1. The van der Waals surface area contributed by atoms with Crippen molar-refractivity contribution in [2.75, 3.05) is 13.2 Å². The number of hydrogen-bond donors (Lipinski definition) is 0. The van der Waals surface area contributed by atoms with Gasteiger partial charge in [-0.15, -0.1) is 0 Å². The lowest BCUT2D eigenvalue weighted by molar-refractivity contribution is -0.310. The van der Waals surface area contributed by atoms with Crippen molar-refractivity contribution in [1.82, 2.24) is 0 Å². The third-order valence-corrected chi connectivity index (χ3v) is 1.85. The average molecular weight is 227 g/mol. The van der Waals surface area contributed by atoms with Gasteiger partial charge in [-0.25, -0.2) is 0 Å². The lowest BCUT2D eigenvalue weighted by atomic mass is 10.0. The predicted molar refractivity (Wildman–Crippen MR) is 56.8 cm³/mol. The molecule has 0 aromatic rings. The number of nitrogens with zero attached hydrogens (tertiary/aromatic N) is 1. The highest BCUT2D eigenvalue weighted by atomic mass is 16.5. The van der Waals surface area contributed by atoms with Crippen LogP contribution in [-0.4, -0.2) is 25.1 Å². The molecule has 0 aromatic carbocycles. The van der Waals surface area contributed by atoms with Gasteiger partial charge in [-0.2, -0.15) is 0 Å². The molecule has 0 saturated heterocycles. The van der Waals surface area contributed by atoms with Gasteiger partial charge >= 0.3 is 5.97 Å². The van der Waals surface area contributed by atoms with Crippen molar-refractivity contribution < 1.29 is 19.4 Å². The summed E-state index contributed by atoms with van der Waals surface area (Å²) < 4.78 is 4.63. The molecule has 0 aliphatic rings. The highest BCUT2D eigenvalue weighted by molar-refractivity contribution is 5.92. The minimum absolute atomic E-state index is 0.119. The SMILES string of the molecule is CCC[N+]#CCCC(C(=O)[O-])C(=O)OCC. The number of ether oxygens (including phenoxy) is 1. The van der Waals surface area contributed by atoms with E-state index in [1.165, 1.54) is 0 Å². The first kappa shape index (κ1) is 14.4. The van der Waals surface area contributed by atoms with Gasteiger partial charge in [0.1, 0.15) is 0 Å². The Morgan fingerprint density at radius 3 is 2.62 bits per heavy atom. The molecule has 1 unspecified atom stereocenters. The van der Waals surface area contributed by atoms with Crippen molar-refractivity contribution in [2.45, 2.75) is 33.1 Å².